The van der Waals surface area contributed by atoms with Crippen molar-refractivity contribution in [2.75, 3.05) is 0 Å². The maximum absolute atomic E-state index is 11.4. The average molecular weight is 268 g/mol. The van der Waals surface area contributed by atoms with Gasteiger partial charge in [-0.15, -0.1) is 5.11 Å². The van der Waals surface area contributed by atoms with Gasteiger partial charge >= 0.3 is 6.09 Å². The Bertz CT molecular complexity index is 607. The number of benzene rings is 2. The maximum Gasteiger partial charge on any atom is 0.452 e. The first-order valence-electron chi connectivity index (χ1n) is 6.43. The fraction of sp³-hybridized carbons (Fsp3) is 0.188. The fourth-order valence-corrected chi connectivity index (χ4v) is 1.74. The smallest absolute Gasteiger partial charge is 0.444 e. The number of hydrogen-bond acceptors (Lipinski definition) is 3. The first-order valence-corrected chi connectivity index (χ1v) is 6.43. The van der Waals surface area contributed by atoms with E-state index in [1.165, 1.54) is 0 Å². The molecule has 0 unspecified atom stereocenters. The molecule has 4 heteroatoms. The van der Waals surface area contributed by atoms with Crippen LogP contribution in [-0.4, -0.2) is 12.2 Å². The Labute approximate surface area is 118 Å². The van der Waals surface area contributed by atoms with E-state index in [4.69, 9.17) is 4.74 Å². The second-order valence-electron chi connectivity index (χ2n) is 4.52. The summed E-state index contributed by atoms with van der Waals surface area (Å²) < 4.78 is 4.92. The highest BCUT2D eigenvalue weighted by Crippen LogP contribution is 2.29. The van der Waals surface area contributed by atoms with Crippen LogP contribution < -0.4 is 0 Å². The van der Waals surface area contributed by atoms with Crippen LogP contribution in [0.25, 0.3) is 11.1 Å². The zero-order valence-corrected chi connectivity index (χ0v) is 11.5. The third-order valence-electron chi connectivity index (χ3n) is 2.56. The molecule has 0 aliphatic heterocycles. The summed E-state index contributed by atoms with van der Waals surface area (Å²) >= 11 is 0. The Morgan fingerprint density at radius 3 is 2.35 bits per heavy atom. The molecule has 0 aliphatic rings. The van der Waals surface area contributed by atoms with Crippen LogP contribution in [0.1, 0.15) is 13.8 Å². The minimum atomic E-state index is -0.678. The molecule has 20 heavy (non-hydrogen) atoms. The number of ether oxygens (including phenoxy) is 1. The third kappa shape index (κ3) is 3.75. The zero-order valence-electron chi connectivity index (χ0n) is 11.5. The van der Waals surface area contributed by atoms with Gasteiger partial charge in [0.25, 0.3) is 0 Å². The van der Waals surface area contributed by atoms with Crippen molar-refractivity contribution in [3.05, 3.63) is 54.6 Å². The Morgan fingerprint density at radius 2 is 1.65 bits per heavy atom. The van der Waals surface area contributed by atoms with Gasteiger partial charge in [-0.1, -0.05) is 53.6 Å². The summed E-state index contributed by atoms with van der Waals surface area (Å²) in [5, 5.41) is 7.57. The Balaban J connectivity index is 2.25. The molecule has 0 radical (unpaired) electrons. The SMILES string of the molecule is CC(C)OC(=O)N=Nc1ccccc1-c1ccccc1. The van der Waals surface area contributed by atoms with Crippen LogP contribution in [0.3, 0.4) is 0 Å². The molecule has 0 atom stereocenters. The summed E-state index contributed by atoms with van der Waals surface area (Å²) in [5.41, 5.74) is 2.59. The van der Waals surface area contributed by atoms with Crippen molar-refractivity contribution in [1.82, 2.24) is 0 Å². The molecule has 0 fully saturated rings. The van der Waals surface area contributed by atoms with Crippen LogP contribution in [0.2, 0.25) is 0 Å². The summed E-state index contributed by atoms with van der Waals surface area (Å²) in [6.45, 7) is 3.54. The molecule has 0 saturated carbocycles. The van der Waals surface area contributed by atoms with Crippen molar-refractivity contribution in [1.29, 1.82) is 0 Å². The summed E-state index contributed by atoms with van der Waals surface area (Å²) in [7, 11) is 0. The molecular weight excluding hydrogens is 252 g/mol. The van der Waals surface area contributed by atoms with Crippen LogP contribution in [-0.2, 0) is 4.74 Å². The highest BCUT2D eigenvalue weighted by molar-refractivity contribution is 5.76. The van der Waals surface area contributed by atoms with Crippen molar-refractivity contribution < 1.29 is 9.53 Å². The van der Waals surface area contributed by atoms with Gasteiger partial charge in [0.05, 0.1) is 11.8 Å². The molecule has 4 nitrogen and oxygen atoms in total. The zero-order chi connectivity index (χ0) is 14.4. The van der Waals surface area contributed by atoms with Crippen LogP contribution in [0.15, 0.2) is 64.8 Å². The molecule has 0 heterocycles. The van der Waals surface area contributed by atoms with Gasteiger partial charge in [0, 0.05) is 5.56 Å². The van der Waals surface area contributed by atoms with E-state index in [0.717, 1.165) is 11.1 Å². The van der Waals surface area contributed by atoms with Gasteiger partial charge in [0.15, 0.2) is 0 Å². The van der Waals surface area contributed by atoms with Crippen molar-refractivity contribution in [3.8, 4) is 11.1 Å². The molecule has 0 saturated heterocycles. The van der Waals surface area contributed by atoms with Gasteiger partial charge in [0.1, 0.15) is 0 Å². The Morgan fingerprint density at radius 1 is 1.00 bits per heavy atom. The summed E-state index contributed by atoms with van der Waals surface area (Å²) in [6.07, 6.45) is -0.881. The highest BCUT2D eigenvalue weighted by atomic mass is 16.6. The largest absolute Gasteiger partial charge is 0.452 e. The van der Waals surface area contributed by atoms with E-state index in [9.17, 15) is 4.79 Å². The van der Waals surface area contributed by atoms with E-state index < -0.39 is 6.09 Å². The summed E-state index contributed by atoms with van der Waals surface area (Å²) in [6, 6.07) is 17.4. The second kappa shape index (κ2) is 6.61. The van der Waals surface area contributed by atoms with Gasteiger partial charge < -0.3 is 4.74 Å². The fourth-order valence-electron chi connectivity index (χ4n) is 1.74. The standard InChI is InChI=1S/C16H16N2O2/c1-12(2)20-16(19)18-17-15-11-7-6-10-14(15)13-8-4-3-5-9-13/h3-12H,1-2H3. The number of carbonyl (C=O) groups excluding carboxylic acids is 1. The average Bonchev–Trinajstić information content (AvgIpc) is 2.46. The molecule has 0 aromatic heterocycles. The second-order valence-corrected chi connectivity index (χ2v) is 4.52. The lowest BCUT2D eigenvalue weighted by molar-refractivity contribution is 0.124. The predicted octanol–water partition coefficient (Wildman–Crippen LogP) is 4.98. The monoisotopic (exact) mass is 268 g/mol. The molecule has 1 amide bonds. The number of carbonyl (C=O) groups is 1. The quantitative estimate of drug-likeness (QED) is 0.737. The third-order valence-corrected chi connectivity index (χ3v) is 2.56. The van der Waals surface area contributed by atoms with E-state index in [2.05, 4.69) is 10.2 Å². The van der Waals surface area contributed by atoms with Gasteiger partial charge in [0.2, 0.25) is 0 Å². The van der Waals surface area contributed by atoms with Crippen molar-refractivity contribution in [3.63, 3.8) is 0 Å². The highest BCUT2D eigenvalue weighted by Gasteiger charge is 2.06. The van der Waals surface area contributed by atoms with E-state index >= 15 is 0 Å². The van der Waals surface area contributed by atoms with E-state index in [-0.39, 0.29) is 6.10 Å². The normalized spacial score (nSPS) is 10.9. The van der Waals surface area contributed by atoms with Gasteiger partial charge in [-0.25, -0.2) is 4.79 Å². The summed E-state index contributed by atoms with van der Waals surface area (Å²) in [5.74, 6) is 0. The van der Waals surface area contributed by atoms with Gasteiger partial charge in [-0.3, -0.25) is 0 Å². The van der Waals surface area contributed by atoms with Crippen molar-refractivity contribution in [2.45, 2.75) is 20.0 Å². The number of nitrogens with zero attached hydrogens (tertiary/aromatic N) is 2. The number of azo groups is 1. The number of rotatable bonds is 3. The van der Waals surface area contributed by atoms with Gasteiger partial charge in [-0.05, 0) is 25.5 Å². The molecule has 0 N–H and O–H groups in total. The van der Waals surface area contributed by atoms with Crippen LogP contribution >= 0.6 is 0 Å². The molecule has 0 aliphatic carbocycles. The number of amides is 1. The van der Waals surface area contributed by atoms with Crippen LogP contribution in [0.4, 0.5) is 10.5 Å². The molecule has 102 valence electrons. The molecule has 2 rings (SSSR count). The van der Waals surface area contributed by atoms with Gasteiger partial charge in [-0.2, -0.15) is 0 Å². The molecule has 2 aromatic rings. The molecule has 0 spiro atoms. The molecule has 2 aromatic carbocycles. The van der Waals surface area contributed by atoms with E-state index in [1.807, 2.05) is 54.6 Å². The van der Waals surface area contributed by atoms with E-state index in [1.54, 1.807) is 13.8 Å². The first kappa shape index (κ1) is 13.9. The van der Waals surface area contributed by atoms with Crippen LogP contribution in [0, 0.1) is 0 Å². The van der Waals surface area contributed by atoms with E-state index in [0.29, 0.717) is 5.69 Å². The van der Waals surface area contributed by atoms with Crippen molar-refractivity contribution in [2.24, 2.45) is 10.2 Å². The Kier molecular flexibility index (Phi) is 4.60. The van der Waals surface area contributed by atoms with Crippen molar-refractivity contribution >= 4 is 11.8 Å². The minimum absolute atomic E-state index is 0.203. The predicted molar refractivity (Wildman–Crippen MR) is 78.0 cm³/mol. The molecular formula is C16H16N2O2. The summed E-state index contributed by atoms with van der Waals surface area (Å²) in [4.78, 5) is 11.4. The lowest BCUT2D eigenvalue weighted by Gasteiger charge is -2.05. The molecule has 0 bridgehead atoms. The maximum atomic E-state index is 11.4. The Hall–Kier alpha value is -2.49. The lowest BCUT2D eigenvalue weighted by atomic mass is 10.0. The van der Waals surface area contributed by atoms with Crippen LogP contribution in [0.5, 0.6) is 0 Å². The topological polar surface area (TPSA) is 51.0 Å². The first-order chi connectivity index (χ1) is 9.66. The lowest BCUT2D eigenvalue weighted by Crippen LogP contribution is -2.06. The minimum Gasteiger partial charge on any atom is -0.444 e. The number of hydrogen-bond donors (Lipinski definition) is 0.